The van der Waals surface area contributed by atoms with E-state index in [4.69, 9.17) is 14.9 Å². The third kappa shape index (κ3) is 8.37. The molecule has 7 heteroatoms. The predicted octanol–water partition coefficient (Wildman–Crippen LogP) is 1.22. The summed E-state index contributed by atoms with van der Waals surface area (Å²) in [5.41, 5.74) is -0.714. The Morgan fingerprint density at radius 2 is 1.78 bits per heavy atom. The molecule has 0 bridgehead atoms. The van der Waals surface area contributed by atoms with Crippen LogP contribution in [0.1, 0.15) is 40.0 Å². The summed E-state index contributed by atoms with van der Waals surface area (Å²) in [5.74, 6) is -2.22. The average molecular weight is 261 g/mol. The van der Waals surface area contributed by atoms with Crippen molar-refractivity contribution in [1.29, 1.82) is 0 Å². The maximum Gasteiger partial charge on any atom is 0.408 e. The second-order valence-electron chi connectivity index (χ2n) is 4.82. The number of amides is 1. The van der Waals surface area contributed by atoms with E-state index in [2.05, 4.69) is 5.32 Å². The highest BCUT2D eigenvalue weighted by Crippen LogP contribution is 2.08. The minimum Gasteiger partial charge on any atom is -0.481 e. The monoisotopic (exact) mass is 261 g/mol. The lowest BCUT2D eigenvalue weighted by Gasteiger charge is -2.21. The molecule has 0 aromatic rings. The number of rotatable bonds is 6. The van der Waals surface area contributed by atoms with Gasteiger partial charge in [-0.15, -0.1) is 0 Å². The smallest absolute Gasteiger partial charge is 0.408 e. The Balaban J connectivity index is 4.23. The van der Waals surface area contributed by atoms with Crippen LogP contribution in [0.25, 0.3) is 0 Å². The Labute approximate surface area is 105 Å². The number of hydrogen-bond donors (Lipinski definition) is 3. The molecule has 0 aliphatic rings. The van der Waals surface area contributed by atoms with Crippen LogP contribution < -0.4 is 5.32 Å². The number of nitrogens with one attached hydrogen (secondary N) is 1. The second-order valence-corrected chi connectivity index (χ2v) is 4.82. The van der Waals surface area contributed by atoms with Crippen LogP contribution in [0.3, 0.4) is 0 Å². The minimum absolute atomic E-state index is 0.0425. The number of ether oxygens (including phenoxy) is 1. The van der Waals surface area contributed by atoms with Crippen LogP contribution in [0.5, 0.6) is 0 Å². The van der Waals surface area contributed by atoms with Crippen molar-refractivity contribution >= 4 is 18.0 Å². The van der Waals surface area contributed by atoms with Crippen molar-refractivity contribution in [1.82, 2.24) is 5.32 Å². The van der Waals surface area contributed by atoms with Gasteiger partial charge in [0.25, 0.3) is 0 Å². The molecule has 7 nitrogen and oxygen atoms in total. The van der Waals surface area contributed by atoms with Gasteiger partial charge >= 0.3 is 18.0 Å². The number of carbonyl (C=O) groups is 3. The van der Waals surface area contributed by atoms with E-state index in [0.717, 1.165) is 0 Å². The van der Waals surface area contributed by atoms with E-state index in [1.807, 2.05) is 0 Å². The molecule has 104 valence electrons. The summed E-state index contributed by atoms with van der Waals surface area (Å²) in [4.78, 5) is 32.5. The zero-order chi connectivity index (χ0) is 14.3. The van der Waals surface area contributed by atoms with Crippen LogP contribution in [0.15, 0.2) is 0 Å². The maximum atomic E-state index is 11.4. The van der Waals surface area contributed by atoms with Gasteiger partial charge in [-0.25, -0.2) is 9.59 Å². The lowest BCUT2D eigenvalue weighted by atomic mass is 10.1. The lowest BCUT2D eigenvalue weighted by Crippen LogP contribution is -2.43. The van der Waals surface area contributed by atoms with Crippen molar-refractivity contribution in [2.75, 3.05) is 0 Å². The maximum absolute atomic E-state index is 11.4. The Kier molecular flexibility index (Phi) is 6.15. The molecule has 0 rings (SSSR count). The molecular weight excluding hydrogens is 242 g/mol. The van der Waals surface area contributed by atoms with Crippen molar-refractivity contribution in [3.63, 3.8) is 0 Å². The third-order valence-electron chi connectivity index (χ3n) is 1.87. The second kappa shape index (κ2) is 6.83. The Hall–Kier alpha value is -1.79. The van der Waals surface area contributed by atoms with Gasteiger partial charge in [-0.1, -0.05) is 0 Å². The van der Waals surface area contributed by atoms with Crippen molar-refractivity contribution < 1.29 is 29.3 Å². The topological polar surface area (TPSA) is 113 Å². The first kappa shape index (κ1) is 16.2. The molecule has 0 aromatic heterocycles. The number of hydrogen-bond acceptors (Lipinski definition) is 4. The normalized spacial score (nSPS) is 12.6. The van der Waals surface area contributed by atoms with Crippen molar-refractivity contribution in [2.24, 2.45) is 0 Å². The van der Waals surface area contributed by atoms with E-state index >= 15 is 0 Å². The van der Waals surface area contributed by atoms with Crippen molar-refractivity contribution in [2.45, 2.75) is 51.7 Å². The molecule has 0 fully saturated rings. The summed E-state index contributed by atoms with van der Waals surface area (Å²) in [7, 11) is 0. The first-order chi connectivity index (χ1) is 8.11. The highest BCUT2D eigenvalue weighted by Gasteiger charge is 2.23. The van der Waals surface area contributed by atoms with E-state index < -0.39 is 29.7 Å². The molecule has 0 spiro atoms. The fourth-order valence-electron chi connectivity index (χ4n) is 1.16. The summed E-state index contributed by atoms with van der Waals surface area (Å²) < 4.78 is 4.92. The number of aliphatic carboxylic acids is 2. The highest BCUT2D eigenvalue weighted by atomic mass is 16.6. The molecule has 0 aromatic carbocycles. The van der Waals surface area contributed by atoms with Crippen LogP contribution in [0.2, 0.25) is 0 Å². The molecule has 1 unspecified atom stereocenters. The number of carbonyl (C=O) groups excluding carboxylic acids is 1. The van der Waals surface area contributed by atoms with Crippen molar-refractivity contribution in [3.05, 3.63) is 0 Å². The summed E-state index contributed by atoms with van der Waals surface area (Å²) in [6, 6.07) is -1.14. The molecule has 0 saturated heterocycles. The van der Waals surface area contributed by atoms with Crippen LogP contribution in [0.4, 0.5) is 4.79 Å². The first-order valence-electron chi connectivity index (χ1n) is 5.56. The van der Waals surface area contributed by atoms with E-state index in [0.29, 0.717) is 0 Å². The summed E-state index contributed by atoms with van der Waals surface area (Å²) in [5, 5.41) is 19.5. The van der Waals surface area contributed by atoms with Crippen LogP contribution in [0, 0.1) is 0 Å². The Morgan fingerprint density at radius 3 is 2.17 bits per heavy atom. The zero-order valence-corrected chi connectivity index (χ0v) is 10.7. The average Bonchev–Trinajstić information content (AvgIpc) is 2.12. The van der Waals surface area contributed by atoms with Gasteiger partial charge in [0.15, 0.2) is 0 Å². The first-order valence-corrected chi connectivity index (χ1v) is 5.56. The Morgan fingerprint density at radius 1 is 1.22 bits per heavy atom. The molecule has 0 aliphatic heterocycles. The molecular formula is C11H19NO6. The summed E-state index contributed by atoms with van der Waals surface area (Å²) >= 11 is 0. The van der Waals surface area contributed by atoms with Gasteiger partial charge < -0.3 is 20.3 Å². The summed E-state index contributed by atoms with van der Waals surface area (Å²) in [6.07, 6.45) is -0.756. The third-order valence-corrected chi connectivity index (χ3v) is 1.87. The Bertz CT molecular complexity index is 320. The molecule has 0 radical (unpaired) electrons. The highest BCUT2D eigenvalue weighted by molar-refractivity contribution is 5.80. The SMILES string of the molecule is CC(C)(C)OC(=O)NC(CCCC(=O)O)C(=O)O. The predicted molar refractivity (Wildman–Crippen MR) is 62.3 cm³/mol. The van der Waals surface area contributed by atoms with Gasteiger partial charge in [-0.2, -0.15) is 0 Å². The molecule has 1 amide bonds. The van der Waals surface area contributed by atoms with Crippen LogP contribution >= 0.6 is 0 Å². The quantitative estimate of drug-likeness (QED) is 0.662. The molecule has 3 N–H and O–H groups in total. The van der Waals surface area contributed by atoms with Gasteiger partial charge in [-0.05, 0) is 33.6 Å². The van der Waals surface area contributed by atoms with Gasteiger partial charge in [0, 0.05) is 6.42 Å². The number of alkyl carbamates (subject to hydrolysis) is 1. The van der Waals surface area contributed by atoms with E-state index in [-0.39, 0.29) is 19.3 Å². The van der Waals surface area contributed by atoms with Gasteiger partial charge in [0.05, 0.1) is 0 Å². The zero-order valence-electron chi connectivity index (χ0n) is 10.7. The van der Waals surface area contributed by atoms with Crippen LogP contribution in [-0.2, 0) is 14.3 Å². The van der Waals surface area contributed by atoms with Crippen molar-refractivity contribution in [3.8, 4) is 0 Å². The summed E-state index contributed by atoms with van der Waals surface area (Å²) in [6.45, 7) is 4.98. The van der Waals surface area contributed by atoms with Gasteiger partial charge in [0.2, 0.25) is 0 Å². The molecule has 0 heterocycles. The van der Waals surface area contributed by atoms with Gasteiger partial charge in [0.1, 0.15) is 11.6 Å². The minimum atomic E-state index is -1.22. The van der Waals surface area contributed by atoms with E-state index in [1.54, 1.807) is 20.8 Å². The fraction of sp³-hybridized carbons (Fsp3) is 0.727. The molecule has 18 heavy (non-hydrogen) atoms. The number of carboxylic acid groups (broad SMARTS) is 2. The molecule has 0 aliphatic carbocycles. The largest absolute Gasteiger partial charge is 0.481 e. The van der Waals surface area contributed by atoms with Gasteiger partial charge in [-0.3, -0.25) is 4.79 Å². The molecule has 0 saturated carbocycles. The van der Waals surface area contributed by atoms with Crippen LogP contribution in [-0.4, -0.2) is 39.9 Å². The number of carboxylic acids is 2. The lowest BCUT2D eigenvalue weighted by molar-refractivity contribution is -0.141. The molecule has 1 atom stereocenters. The van der Waals surface area contributed by atoms with E-state index in [9.17, 15) is 14.4 Å². The fourth-order valence-corrected chi connectivity index (χ4v) is 1.16. The standard InChI is InChI=1S/C11H19NO6/c1-11(2,3)18-10(17)12-7(9(15)16)5-4-6-8(13)14/h7H,4-6H2,1-3H3,(H,12,17)(H,13,14)(H,15,16). The van der Waals surface area contributed by atoms with E-state index in [1.165, 1.54) is 0 Å².